The minimum atomic E-state index is -2.97. The van der Waals surface area contributed by atoms with Gasteiger partial charge in [-0.05, 0) is 42.5 Å². The highest BCUT2D eigenvalue weighted by atomic mass is 32.1. The Labute approximate surface area is 163 Å². The van der Waals surface area contributed by atoms with E-state index in [-0.39, 0.29) is 11.3 Å². The maximum atomic E-state index is 12.5. The number of hydrogen-bond donors (Lipinski definition) is 0. The molecule has 0 radical (unpaired) electrons. The number of carbonyl (C=O) groups excluding carboxylic acids is 1. The van der Waals surface area contributed by atoms with Gasteiger partial charge in [0, 0.05) is 0 Å². The van der Waals surface area contributed by atoms with Crippen LogP contribution in [-0.4, -0.2) is 17.6 Å². The number of aromatic nitrogens is 1. The minimum absolute atomic E-state index is 0.107. The molecule has 0 aliphatic rings. The lowest BCUT2D eigenvalue weighted by Gasteiger charge is -2.09. The van der Waals surface area contributed by atoms with E-state index >= 15 is 0 Å². The number of esters is 1. The van der Waals surface area contributed by atoms with Crippen molar-refractivity contribution < 1.29 is 23.0 Å². The van der Waals surface area contributed by atoms with Crippen molar-refractivity contribution in [3.63, 3.8) is 0 Å². The molecule has 0 unspecified atom stereocenters. The molecule has 4 rings (SSSR count). The monoisotopic (exact) mass is 397 g/mol. The SMILES string of the molecule is O=C(Oc1ccccc1-c1nc2ccccc2s1)c1cccc(OC(F)F)c1. The lowest BCUT2D eigenvalue weighted by atomic mass is 10.2. The predicted octanol–water partition coefficient (Wildman–Crippen LogP) is 5.78. The number of alkyl halides is 2. The Morgan fingerprint density at radius 3 is 2.57 bits per heavy atom. The molecule has 0 aliphatic carbocycles. The first kappa shape index (κ1) is 18.1. The molecule has 0 aliphatic heterocycles. The van der Waals surface area contributed by atoms with Crippen molar-refractivity contribution in [2.45, 2.75) is 6.61 Å². The van der Waals surface area contributed by atoms with Gasteiger partial charge in [-0.25, -0.2) is 9.78 Å². The van der Waals surface area contributed by atoms with E-state index in [0.29, 0.717) is 11.3 Å². The fourth-order valence-corrected chi connectivity index (χ4v) is 3.67. The van der Waals surface area contributed by atoms with E-state index in [0.717, 1.165) is 15.2 Å². The van der Waals surface area contributed by atoms with Crippen LogP contribution >= 0.6 is 11.3 Å². The third-order valence-electron chi connectivity index (χ3n) is 3.91. The van der Waals surface area contributed by atoms with Gasteiger partial charge in [0.05, 0.1) is 21.3 Å². The molecule has 0 N–H and O–H groups in total. The molecule has 0 spiro atoms. The van der Waals surface area contributed by atoms with Gasteiger partial charge in [0.1, 0.15) is 16.5 Å². The molecular formula is C21H13F2NO3S. The molecule has 0 fully saturated rings. The van der Waals surface area contributed by atoms with Gasteiger partial charge in [-0.15, -0.1) is 11.3 Å². The highest BCUT2D eigenvalue weighted by Gasteiger charge is 2.16. The molecule has 0 bridgehead atoms. The summed E-state index contributed by atoms with van der Waals surface area (Å²) in [5.74, 6) is -0.441. The molecule has 4 nitrogen and oxygen atoms in total. The standard InChI is InChI=1S/C21H13F2NO3S/c22-21(23)26-14-7-5-6-13(12-14)20(25)27-17-10-3-1-8-15(17)19-24-16-9-2-4-11-18(16)28-19/h1-12,21H. The van der Waals surface area contributed by atoms with E-state index in [4.69, 9.17) is 4.74 Å². The number of halogens is 2. The Morgan fingerprint density at radius 2 is 1.75 bits per heavy atom. The molecule has 4 aromatic rings. The smallest absolute Gasteiger partial charge is 0.387 e. The van der Waals surface area contributed by atoms with E-state index in [1.807, 2.05) is 36.4 Å². The van der Waals surface area contributed by atoms with Crippen molar-refractivity contribution in [1.29, 1.82) is 0 Å². The average Bonchev–Trinajstić information content (AvgIpc) is 3.12. The second-order valence-corrected chi connectivity index (χ2v) is 6.81. The fourth-order valence-electron chi connectivity index (χ4n) is 2.68. The van der Waals surface area contributed by atoms with Crippen molar-refractivity contribution in [3.05, 3.63) is 78.4 Å². The van der Waals surface area contributed by atoms with E-state index in [9.17, 15) is 13.6 Å². The van der Waals surface area contributed by atoms with Crippen LogP contribution < -0.4 is 9.47 Å². The summed E-state index contributed by atoms with van der Waals surface area (Å²) < 4.78 is 35.7. The van der Waals surface area contributed by atoms with E-state index < -0.39 is 12.6 Å². The maximum Gasteiger partial charge on any atom is 0.387 e. The number of hydrogen-bond acceptors (Lipinski definition) is 5. The maximum absolute atomic E-state index is 12.5. The molecule has 0 amide bonds. The van der Waals surface area contributed by atoms with Gasteiger partial charge >= 0.3 is 12.6 Å². The third-order valence-corrected chi connectivity index (χ3v) is 4.98. The zero-order valence-electron chi connectivity index (χ0n) is 14.3. The summed E-state index contributed by atoms with van der Waals surface area (Å²) >= 11 is 1.49. The molecule has 7 heteroatoms. The Morgan fingerprint density at radius 1 is 0.964 bits per heavy atom. The topological polar surface area (TPSA) is 48.4 Å². The van der Waals surface area contributed by atoms with Crippen LogP contribution in [0.15, 0.2) is 72.8 Å². The van der Waals surface area contributed by atoms with Gasteiger partial charge in [-0.1, -0.05) is 30.3 Å². The Hall–Kier alpha value is -3.32. The lowest BCUT2D eigenvalue weighted by Crippen LogP contribution is -2.10. The zero-order chi connectivity index (χ0) is 19.5. The number of carbonyl (C=O) groups is 1. The van der Waals surface area contributed by atoms with Crippen molar-refractivity contribution >= 4 is 27.5 Å². The van der Waals surface area contributed by atoms with Crippen molar-refractivity contribution in [3.8, 4) is 22.1 Å². The van der Waals surface area contributed by atoms with Crippen molar-refractivity contribution in [1.82, 2.24) is 4.98 Å². The second kappa shape index (κ2) is 7.74. The Kier molecular flexibility index (Phi) is 4.99. The lowest BCUT2D eigenvalue weighted by molar-refractivity contribution is -0.0499. The van der Waals surface area contributed by atoms with E-state index in [1.165, 1.54) is 35.6 Å². The number of nitrogens with zero attached hydrogens (tertiary/aromatic N) is 1. The van der Waals surface area contributed by atoms with Crippen LogP contribution in [-0.2, 0) is 0 Å². The summed E-state index contributed by atoms with van der Waals surface area (Å²) in [6.45, 7) is -2.97. The summed E-state index contributed by atoms with van der Waals surface area (Å²) in [6, 6.07) is 20.3. The summed E-state index contributed by atoms with van der Waals surface area (Å²) in [6.07, 6.45) is 0. The summed E-state index contributed by atoms with van der Waals surface area (Å²) in [7, 11) is 0. The molecule has 1 heterocycles. The summed E-state index contributed by atoms with van der Waals surface area (Å²) in [5.41, 5.74) is 1.65. The number of ether oxygens (including phenoxy) is 2. The van der Waals surface area contributed by atoms with Crippen molar-refractivity contribution in [2.75, 3.05) is 0 Å². The van der Waals surface area contributed by atoms with Gasteiger partial charge in [-0.3, -0.25) is 0 Å². The molecule has 28 heavy (non-hydrogen) atoms. The van der Waals surface area contributed by atoms with Gasteiger partial charge in [0.2, 0.25) is 0 Å². The highest BCUT2D eigenvalue weighted by molar-refractivity contribution is 7.21. The highest BCUT2D eigenvalue weighted by Crippen LogP contribution is 2.36. The minimum Gasteiger partial charge on any atom is -0.435 e. The molecule has 0 saturated heterocycles. The zero-order valence-corrected chi connectivity index (χ0v) is 15.2. The van der Waals surface area contributed by atoms with E-state index in [2.05, 4.69) is 9.72 Å². The predicted molar refractivity (Wildman–Crippen MR) is 103 cm³/mol. The number of benzene rings is 3. The average molecular weight is 397 g/mol. The quantitative estimate of drug-likeness (QED) is 0.316. The van der Waals surface area contributed by atoms with Crippen LogP contribution in [0.2, 0.25) is 0 Å². The molecular weight excluding hydrogens is 384 g/mol. The van der Waals surface area contributed by atoms with Gasteiger partial charge < -0.3 is 9.47 Å². The number of fused-ring (bicyclic) bond motifs is 1. The fraction of sp³-hybridized carbons (Fsp3) is 0.0476. The summed E-state index contributed by atoms with van der Waals surface area (Å²) in [5, 5.41) is 0.722. The van der Waals surface area contributed by atoms with Gasteiger partial charge in [0.15, 0.2) is 0 Å². The van der Waals surface area contributed by atoms with E-state index in [1.54, 1.807) is 12.1 Å². The molecule has 140 valence electrons. The molecule has 1 aromatic heterocycles. The second-order valence-electron chi connectivity index (χ2n) is 5.78. The molecule has 3 aromatic carbocycles. The van der Waals surface area contributed by atoms with Crippen LogP contribution in [0, 0.1) is 0 Å². The number of rotatable bonds is 5. The van der Waals surface area contributed by atoms with Crippen LogP contribution in [0.4, 0.5) is 8.78 Å². The van der Waals surface area contributed by atoms with Crippen LogP contribution in [0.5, 0.6) is 11.5 Å². The number of para-hydroxylation sites is 2. The molecule has 0 saturated carbocycles. The van der Waals surface area contributed by atoms with Crippen LogP contribution in [0.3, 0.4) is 0 Å². The van der Waals surface area contributed by atoms with Crippen LogP contribution in [0.1, 0.15) is 10.4 Å². The Balaban J connectivity index is 1.63. The molecule has 0 atom stereocenters. The van der Waals surface area contributed by atoms with Crippen molar-refractivity contribution in [2.24, 2.45) is 0 Å². The summed E-state index contributed by atoms with van der Waals surface area (Å²) in [4.78, 5) is 17.1. The largest absolute Gasteiger partial charge is 0.435 e. The van der Waals surface area contributed by atoms with Crippen LogP contribution in [0.25, 0.3) is 20.8 Å². The first-order valence-corrected chi connectivity index (χ1v) is 9.14. The Bertz CT molecular complexity index is 1110. The first-order chi connectivity index (χ1) is 13.6. The normalized spacial score (nSPS) is 11.0. The first-order valence-electron chi connectivity index (χ1n) is 8.32. The van der Waals surface area contributed by atoms with Gasteiger partial charge in [-0.2, -0.15) is 8.78 Å². The van der Waals surface area contributed by atoms with Gasteiger partial charge in [0.25, 0.3) is 0 Å². The third kappa shape index (κ3) is 3.84. The number of thiazole rings is 1.